The molecule has 0 aliphatic heterocycles. The standard InChI is InChI=1S/C20H23N5O/c1-15(2)18-8-9-19(24-23-18)16-6-3-7-17(14-16)20(26)21-10-4-12-25-13-5-11-22-25/h3,5-9,11,13-15H,4,10,12H2,1-2H3,(H,21,26). The molecule has 26 heavy (non-hydrogen) atoms. The van der Waals surface area contributed by atoms with Crippen LogP contribution in [0.2, 0.25) is 0 Å². The maximum atomic E-state index is 12.4. The van der Waals surface area contributed by atoms with Crippen LogP contribution in [-0.2, 0) is 6.54 Å². The Labute approximate surface area is 153 Å². The Morgan fingerprint density at radius 1 is 1.15 bits per heavy atom. The van der Waals surface area contributed by atoms with Gasteiger partial charge in [-0.3, -0.25) is 9.48 Å². The molecular formula is C20H23N5O. The van der Waals surface area contributed by atoms with Gasteiger partial charge in [-0.05, 0) is 42.7 Å². The molecule has 0 fully saturated rings. The van der Waals surface area contributed by atoms with E-state index in [4.69, 9.17) is 0 Å². The van der Waals surface area contributed by atoms with Crippen molar-refractivity contribution in [1.29, 1.82) is 0 Å². The molecule has 3 rings (SSSR count). The van der Waals surface area contributed by atoms with Crippen LogP contribution in [0.4, 0.5) is 0 Å². The Morgan fingerprint density at radius 2 is 2.04 bits per heavy atom. The van der Waals surface area contributed by atoms with Gasteiger partial charge in [-0.1, -0.05) is 26.0 Å². The molecule has 0 aliphatic rings. The first-order valence-corrected chi connectivity index (χ1v) is 8.83. The van der Waals surface area contributed by atoms with E-state index in [9.17, 15) is 4.79 Å². The third kappa shape index (κ3) is 4.53. The van der Waals surface area contributed by atoms with Gasteiger partial charge in [0.25, 0.3) is 5.91 Å². The van der Waals surface area contributed by atoms with E-state index in [2.05, 4.69) is 34.5 Å². The highest BCUT2D eigenvalue weighted by Crippen LogP contribution is 2.19. The summed E-state index contributed by atoms with van der Waals surface area (Å²) >= 11 is 0. The summed E-state index contributed by atoms with van der Waals surface area (Å²) in [6, 6.07) is 13.3. The number of nitrogens with zero attached hydrogens (tertiary/aromatic N) is 4. The maximum absolute atomic E-state index is 12.4. The Kier molecular flexibility index (Phi) is 5.73. The lowest BCUT2D eigenvalue weighted by Gasteiger charge is -2.08. The largest absolute Gasteiger partial charge is 0.352 e. The van der Waals surface area contributed by atoms with E-state index in [-0.39, 0.29) is 5.91 Å². The lowest BCUT2D eigenvalue weighted by atomic mass is 10.1. The molecule has 2 heterocycles. The number of carbonyl (C=O) groups is 1. The molecule has 1 N–H and O–H groups in total. The van der Waals surface area contributed by atoms with Crippen molar-refractivity contribution < 1.29 is 4.79 Å². The van der Waals surface area contributed by atoms with Crippen molar-refractivity contribution in [2.24, 2.45) is 0 Å². The van der Waals surface area contributed by atoms with Gasteiger partial charge in [-0.2, -0.15) is 15.3 Å². The second-order valence-corrected chi connectivity index (χ2v) is 6.46. The Hall–Kier alpha value is -3.02. The topological polar surface area (TPSA) is 72.7 Å². The van der Waals surface area contributed by atoms with Crippen LogP contribution in [0.15, 0.2) is 54.9 Å². The normalized spacial score (nSPS) is 10.9. The molecule has 0 aliphatic carbocycles. The highest BCUT2D eigenvalue weighted by Gasteiger charge is 2.09. The van der Waals surface area contributed by atoms with Crippen LogP contribution in [0.3, 0.4) is 0 Å². The van der Waals surface area contributed by atoms with Gasteiger partial charge >= 0.3 is 0 Å². The third-order valence-corrected chi connectivity index (χ3v) is 4.11. The number of benzene rings is 1. The Morgan fingerprint density at radius 3 is 2.73 bits per heavy atom. The quantitative estimate of drug-likeness (QED) is 0.664. The summed E-state index contributed by atoms with van der Waals surface area (Å²) in [4.78, 5) is 12.4. The van der Waals surface area contributed by atoms with E-state index in [0.717, 1.165) is 29.9 Å². The molecule has 0 saturated carbocycles. The molecule has 6 nitrogen and oxygen atoms in total. The fourth-order valence-corrected chi connectivity index (χ4v) is 2.60. The summed E-state index contributed by atoms with van der Waals surface area (Å²) in [6.45, 7) is 5.55. The molecule has 3 aromatic rings. The van der Waals surface area contributed by atoms with Gasteiger partial charge in [0.1, 0.15) is 0 Å². The zero-order valence-electron chi connectivity index (χ0n) is 15.1. The number of aromatic nitrogens is 4. The summed E-state index contributed by atoms with van der Waals surface area (Å²) in [5, 5.41) is 15.6. The number of rotatable bonds is 7. The van der Waals surface area contributed by atoms with Gasteiger partial charge in [0.15, 0.2) is 0 Å². The first-order valence-electron chi connectivity index (χ1n) is 8.83. The van der Waals surface area contributed by atoms with E-state index >= 15 is 0 Å². The number of amides is 1. The van der Waals surface area contributed by atoms with Crippen LogP contribution < -0.4 is 5.32 Å². The van der Waals surface area contributed by atoms with Gasteiger partial charge < -0.3 is 5.32 Å². The lowest BCUT2D eigenvalue weighted by Crippen LogP contribution is -2.25. The second-order valence-electron chi connectivity index (χ2n) is 6.46. The van der Waals surface area contributed by atoms with Crippen LogP contribution in [0.1, 0.15) is 42.2 Å². The lowest BCUT2D eigenvalue weighted by molar-refractivity contribution is 0.0952. The summed E-state index contributed by atoms with van der Waals surface area (Å²) in [5.41, 5.74) is 3.23. The van der Waals surface area contributed by atoms with Crippen molar-refractivity contribution in [3.63, 3.8) is 0 Å². The number of nitrogens with one attached hydrogen (secondary N) is 1. The zero-order valence-corrected chi connectivity index (χ0v) is 15.1. The monoisotopic (exact) mass is 349 g/mol. The minimum Gasteiger partial charge on any atom is -0.352 e. The SMILES string of the molecule is CC(C)c1ccc(-c2cccc(C(=O)NCCCn3cccn3)c2)nn1. The molecule has 0 atom stereocenters. The fraction of sp³-hybridized carbons (Fsp3) is 0.300. The third-order valence-electron chi connectivity index (χ3n) is 4.11. The van der Waals surface area contributed by atoms with Gasteiger partial charge in [0.2, 0.25) is 0 Å². The molecular weight excluding hydrogens is 326 g/mol. The average Bonchev–Trinajstić information content (AvgIpc) is 3.19. The van der Waals surface area contributed by atoms with Gasteiger partial charge in [-0.15, -0.1) is 0 Å². The summed E-state index contributed by atoms with van der Waals surface area (Å²) in [6.07, 6.45) is 4.49. The van der Waals surface area contributed by atoms with Crippen molar-refractivity contribution in [3.05, 3.63) is 66.1 Å². The summed E-state index contributed by atoms with van der Waals surface area (Å²) in [7, 11) is 0. The minimum absolute atomic E-state index is 0.0842. The second kappa shape index (κ2) is 8.38. The van der Waals surface area contributed by atoms with E-state index in [1.807, 2.05) is 53.3 Å². The zero-order chi connectivity index (χ0) is 18.4. The van der Waals surface area contributed by atoms with Gasteiger partial charge in [0.05, 0.1) is 11.4 Å². The molecule has 0 saturated heterocycles. The summed E-state index contributed by atoms with van der Waals surface area (Å²) in [5.74, 6) is 0.259. The van der Waals surface area contributed by atoms with Crippen LogP contribution in [-0.4, -0.2) is 32.4 Å². The Balaban J connectivity index is 1.60. The average molecular weight is 349 g/mol. The highest BCUT2D eigenvalue weighted by molar-refractivity contribution is 5.95. The van der Waals surface area contributed by atoms with Crippen molar-refractivity contribution in [1.82, 2.24) is 25.3 Å². The van der Waals surface area contributed by atoms with E-state index < -0.39 is 0 Å². The van der Waals surface area contributed by atoms with Crippen molar-refractivity contribution >= 4 is 5.91 Å². The van der Waals surface area contributed by atoms with E-state index in [0.29, 0.717) is 18.0 Å². The maximum Gasteiger partial charge on any atom is 0.251 e. The number of hydrogen-bond acceptors (Lipinski definition) is 4. The van der Waals surface area contributed by atoms with E-state index in [1.165, 1.54) is 0 Å². The molecule has 0 unspecified atom stereocenters. The highest BCUT2D eigenvalue weighted by atomic mass is 16.1. The van der Waals surface area contributed by atoms with Crippen LogP contribution in [0.25, 0.3) is 11.3 Å². The molecule has 0 radical (unpaired) electrons. The van der Waals surface area contributed by atoms with Gasteiger partial charge in [0, 0.05) is 36.6 Å². The number of aryl methyl sites for hydroxylation is 1. The fourth-order valence-electron chi connectivity index (χ4n) is 2.60. The van der Waals surface area contributed by atoms with Crippen LogP contribution in [0.5, 0.6) is 0 Å². The first-order chi connectivity index (χ1) is 12.6. The van der Waals surface area contributed by atoms with Crippen molar-refractivity contribution in [2.75, 3.05) is 6.54 Å². The molecule has 0 bridgehead atoms. The predicted octanol–water partition coefficient (Wildman–Crippen LogP) is 3.28. The minimum atomic E-state index is -0.0842. The van der Waals surface area contributed by atoms with E-state index in [1.54, 1.807) is 6.20 Å². The molecule has 2 aromatic heterocycles. The van der Waals surface area contributed by atoms with Crippen molar-refractivity contribution in [3.8, 4) is 11.3 Å². The van der Waals surface area contributed by atoms with Crippen LogP contribution in [0, 0.1) is 0 Å². The molecule has 1 aromatic carbocycles. The smallest absolute Gasteiger partial charge is 0.251 e. The number of carbonyl (C=O) groups excluding carboxylic acids is 1. The molecule has 1 amide bonds. The summed E-state index contributed by atoms with van der Waals surface area (Å²) < 4.78 is 1.85. The predicted molar refractivity (Wildman–Crippen MR) is 101 cm³/mol. The van der Waals surface area contributed by atoms with Crippen LogP contribution >= 0.6 is 0 Å². The first kappa shape index (κ1) is 17.8. The van der Waals surface area contributed by atoms with Crippen molar-refractivity contribution in [2.45, 2.75) is 32.7 Å². The molecule has 0 spiro atoms. The number of hydrogen-bond donors (Lipinski definition) is 1. The molecule has 134 valence electrons. The van der Waals surface area contributed by atoms with Gasteiger partial charge in [-0.25, -0.2) is 0 Å². The molecule has 6 heteroatoms. The Bertz CT molecular complexity index is 841.